The molecule has 0 saturated heterocycles. The molecule has 0 aromatic carbocycles. The molecule has 0 saturated carbocycles. The van der Waals surface area contributed by atoms with E-state index >= 15 is 0 Å². The van der Waals surface area contributed by atoms with Crippen LogP contribution in [0.3, 0.4) is 0 Å². The van der Waals surface area contributed by atoms with Gasteiger partial charge >= 0.3 is 5.97 Å². The normalized spacial score (nSPS) is 11.5. The summed E-state index contributed by atoms with van der Waals surface area (Å²) in [5.74, 6) is -0.576. The smallest absolute Gasteiger partial charge is 0.326 e. The third-order valence-corrected chi connectivity index (χ3v) is 1.06. The summed E-state index contributed by atoms with van der Waals surface area (Å²) in [7, 11) is 1.22. The number of rotatable bonds is 3. The molecule has 62 valence electrons. The topological polar surface area (TPSA) is 58.6 Å². The largest absolute Gasteiger partial charge is 0.468 e. The molecule has 0 aliphatic rings. The number of halogens is 2. The minimum Gasteiger partial charge on any atom is -0.468 e. The molecule has 2 N–H and O–H groups in total. The van der Waals surface area contributed by atoms with Gasteiger partial charge in [-0.15, -0.1) is 12.4 Å². The van der Waals surface area contributed by atoms with Crippen molar-refractivity contribution in [3.63, 3.8) is 0 Å². The average Bonchev–Trinajstić information content (AvgIpc) is 1.90. The highest BCUT2D eigenvalue weighted by atomic mass is 35.5. The standard InChI is InChI=1S/C4H8ClNO3.ClH/c1-9-4(8)3(2-7)6-5;/h3,6-7H,2H2,1H3;1H/t3-;/m0./s1. The van der Waals surface area contributed by atoms with E-state index in [1.807, 2.05) is 0 Å². The minimum absolute atomic E-state index is 0. The molecule has 6 heteroatoms. The number of ether oxygens (including phenoxy) is 1. The van der Waals surface area contributed by atoms with E-state index in [4.69, 9.17) is 16.9 Å². The van der Waals surface area contributed by atoms with Crippen molar-refractivity contribution in [2.45, 2.75) is 6.04 Å². The molecule has 0 rings (SSSR count). The molecule has 0 aromatic heterocycles. The van der Waals surface area contributed by atoms with Crippen LogP contribution in [0.1, 0.15) is 0 Å². The second-order valence-electron chi connectivity index (χ2n) is 1.37. The number of hydrogen-bond acceptors (Lipinski definition) is 4. The molecular formula is C4H9Cl2NO3. The van der Waals surface area contributed by atoms with Crippen molar-refractivity contribution >= 4 is 30.2 Å². The highest BCUT2D eigenvalue weighted by Gasteiger charge is 2.15. The number of nitrogens with one attached hydrogen (secondary N) is 1. The molecule has 0 heterocycles. The zero-order valence-electron chi connectivity index (χ0n) is 5.33. The van der Waals surface area contributed by atoms with Gasteiger partial charge in [-0.3, -0.25) is 4.79 Å². The van der Waals surface area contributed by atoms with Crippen LogP contribution in [0.4, 0.5) is 0 Å². The number of esters is 1. The Kier molecular flexibility index (Phi) is 8.94. The van der Waals surface area contributed by atoms with E-state index in [0.29, 0.717) is 0 Å². The van der Waals surface area contributed by atoms with Gasteiger partial charge in [0.25, 0.3) is 0 Å². The molecule has 0 spiro atoms. The van der Waals surface area contributed by atoms with Crippen molar-refractivity contribution in [2.24, 2.45) is 0 Å². The van der Waals surface area contributed by atoms with Crippen LogP contribution >= 0.6 is 24.2 Å². The van der Waals surface area contributed by atoms with E-state index in [0.717, 1.165) is 0 Å². The second kappa shape index (κ2) is 7.08. The van der Waals surface area contributed by atoms with Crippen molar-refractivity contribution in [3.8, 4) is 0 Å². The van der Waals surface area contributed by atoms with Gasteiger partial charge in [0.2, 0.25) is 0 Å². The fourth-order valence-corrected chi connectivity index (χ4v) is 0.454. The molecule has 0 fully saturated rings. The van der Waals surface area contributed by atoms with Crippen molar-refractivity contribution in [3.05, 3.63) is 0 Å². The van der Waals surface area contributed by atoms with Gasteiger partial charge in [-0.2, -0.15) is 0 Å². The van der Waals surface area contributed by atoms with E-state index in [1.54, 1.807) is 0 Å². The molecule has 4 nitrogen and oxygen atoms in total. The van der Waals surface area contributed by atoms with Gasteiger partial charge in [-0.05, 0) is 11.8 Å². The summed E-state index contributed by atoms with van der Waals surface area (Å²) in [6.45, 7) is -0.365. The summed E-state index contributed by atoms with van der Waals surface area (Å²) < 4.78 is 4.25. The lowest BCUT2D eigenvalue weighted by molar-refractivity contribution is -0.143. The lowest BCUT2D eigenvalue weighted by Crippen LogP contribution is -2.35. The Morgan fingerprint density at radius 1 is 1.90 bits per heavy atom. The molecule has 0 unspecified atom stereocenters. The molecule has 0 aliphatic heterocycles. The Morgan fingerprint density at radius 3 is 2.50 bits per heavy atom. The summed E-state index contributed by atoms with van der Waals surface area (Å²) in [6.07, 6.45) is 0. The van der Waals surface area contributed by atoms with E-state index in [-0.39, 0.29) is 19.0 Å². The molecule has 0 amide bonds. The quantitative estimate of drug-likeness (QED) is 0.473. The Hall–Kier alpha value is -0.0300. The van der Waals surface area contributed by atoms with Gasteiger partial charge in [0.05, 0.1) is 13.7 Å². The van der Waals surface area contributed by atoms with Crippen LogP contribution in [0.15, 0.2) is 0 Å². The Labute approximate surface area is 70.0 Å². The lowest BCUT2D eigenvalue weighted by atomic mass is 10.3. The van der Waals surface area contributed by atoms with Crippen LogP contribution in [0, 0.1) is 0 Å². The zero-order chi connectivity index (χ0) is 7.28. The molecule has 1 atom stereocenters. The molecule has 0 aliphatic carbocycles. The van der Waals surface area contributed by atoms with E-state index in [1.165, 1.54) is 7.11 Å². The lowest BCUT2D eigenvalue weighted by Gasteiger charge is -2.06. The van der Waals surface area contributed by atoms with E-state index in [9.17, 15) is 4.79 Å². The molecular weight excluding hydrogens is 181 g/mol. The fraction of sp³-hybridized carbons (Fsp3) is 0.750. The summed E-state index contributed by atoms with van der Waals surface area (Å²) in [4.78, 5) is 12.5. The summed E-state index contributed by atoms with van der Waals surface area (Å²) in [5.41, 5.74) is 0. The monoisotopic (exact) mass is 189 g/mol. The number of aliphatic hydroxyl groups excluding tert-OH is 1. The Bertz CT molecular complexity index is 96.5. The van der Waals surface area contributed by atoms with Crippen molar-refractivity contribution in [1.29, 1.82) is 0 Å². The second-order valence-corrected chi connectivity index (χ2v) is 1.59. The third kappa shape index (κ3) is 3.90. The number of hydrogen-bond donors (Lipinski definition) is 2. The highest BCUT2D eigenvalue weighted by molar-refractivity contribution is 6.14. The first-order valence-electron chi connectivity index (χ1n) is 2.31. The van der Waals surface area contributed by atoms with Crippen LogP contribution in [0.2, 0.25) is 0 Å². The molecule has 0 radical (unpaired) electrons. The number of methoxy groups -OCH3 is 1. The first kappa shape index (κ1) is 12.6. The van der Waals surface area contributed by atoms with Gasteiger partial charge in [-0.1, -0.05) is 0 Å². The van der Waals surface area contributed by atoms with E-state index in [2.05, 4.69) is 9.57 Å². The van der Waals surface area contributed by atoms with Crippen molar-refractivity contribution in [1.82, 2.24) is 4.84 Å². The van der Waals surface area contributed by atoms with Crippen LogP contribution in [0.25, 0.3) is 0 Å². The maximum atomic E-state index is 10.4. The highest BCUT2D eigenvalue weighted by Crippen LogP contribution is 1.86. The summed E-state index contributed by atoms with van der Waals surface area (Å²) >= 11 is 5.03. The first-order valence-corrected chi connectivity index (χ1v) is 2.69. The number of carbonyl (C=O) groups excluding carboxylic acids is 1. The van der Waals surface area contributed by atoms with Crippen molar-refractivity contribution in [2.75, 3.05) is 13.7 Å². The van der Waals surface area contributed by atoms with E-state index < -0.39 is 12.0 Å². The van der Waals surface area contributed by atoms with Gasteiger partial charge in [0.15, 0.2) is 0 Å². The van der Waals surface area contributed by atoms with Crippen LogP contribution in [0.5, 0.6) is 0 Å². The third-order valence-electron chi connectivity index (χ3n) is 0.800. The summed E-state index contributed by atoms with van der Waals surface area (Å²) in [6, 6.07) is -0.823. The van der Waals surface area contributed by atoms with Gasteiger partial charge in [0.1, 0.15) is 6.04 Å². The number of carbonyl (C=O) groups is 1. The summed E-state index contributed by atoms with van der Waals surface area (Å²) in [5, 5.41) is 8.38. The molecule has 0 aromatic rings. The predicted molar refractivity (Wildman–Crippen MR) is 39.1 cm³/mol. The van der Waals surface area contributed by atoms with Crippen LogP contribution < -0.4 is 4.84 Å². The first-order chi connectivity index (χ1) is 4.26. The average molecular weight is 190 g/mol. The fourth-order valence-electron chi connectivity index (χ4n) is 0.296. The van der Waals surface area contributed by atoms with Crippen LogP contribution in [-0.4, -0.2) is 30.8 Å². The van der Waals surface area contributed by atoms with Gasteiger partial charge in [-0.25, -0.2) is 4.84 Å². The molecule has 10 heavy (non-hydrogen) atoms. The maximum Gasteiger partial charge on any atom is 0.326 e. The van der Waals surface area contributed by atoms with Crippen LogP contribution in [-0.2, 0) is 9.53 Å². The molecule has 0 bridgehead atoms. The van der Waals surface area contributed by atoms with Gasteiger partial charge < -0.3 is 9.84 Å². The Balaban J connectivity index is 0. The SMILES string of the molecule is COC(=O)[C@H](CO)NCl.Cl. The zero-order valence-corrected chi connectivity index (χ0v) is 6.91. The van der Waals surface area contributed by atoms with Gasteiger partial charge in [0, 0.05) is 0 Å². The maximum absolute atomic E-state index is 10.4. The minimum atomic E-state index is -0.823. The predicted octanol–water partition coefficient (Wildman–Crippen LogP) is -0.315. The Morgan fingerprint density at radius 2 is 2.40 bits per heavy atom. The van der Waals surface area contributed by atoms with Crippen molar-refractivity contribution < 1.29 is 14.6 Å². The number of aliphatic hydroxyl groups is 1.